The van der Waals surface area contributed by atoms with Gasteiger partial charge in [0.1, 0.15) is 0 Å². The summed E-state index contributed by atoms with van der Waals surface area (Å²) in [5, 5.41) is 14.4. The molecule has 2 rings (SSSR count). The lowest BCUT2D eigenvalue weighted by molar-refractivity contribution is -0.0922. The third kappa shape index (κ3) is 2.29. The highest BCUT2D eigenvalue weighted by Gasteiger charge is 2.43. The van der Waals surface area contributed by atoms with Crippen molar-refractivity contribution in [2.45, 2.75) is 45.1 Å². The van der Waals surface area contributed by atoms with Crippen LogP contribution in [-0.4, -0.2) is 20.5 Å². The molecule has 1 aliphatic carbocycles. The van der Waals surface area contributed by atoms with Gasteiger partial charge in [0, 0.05) is 18.9 Å². The molecule has 1 aromatic heterocycles. The van der Waals surface area contributed by atoms with Gasteiger partial charge in [0.05, 0.1) is 5.60 Å². The first kappa shape index (κ1) is 11.6. The predicted octanol–water partition coefficient (Wildman–Crippen LogP) is 2.15. The Morgan fingerprint density at radius 1 is 1.56 bits per heavy atom. The van der Waals surface area contributed by atoms with Gasteiger partial charge in [0.25, 0.3) is 0 Å². The van der Waals surface area contributed by atoms with Gasteiger partial charge in [-0.3, -0.25) is 4.68 Å². The van der Waals surface area contributed by atoms with E-state index in [1.807, 2.05) is 24.0 Å². The predicted molar refractivity (Wildman–Crippen MR) is 64.0 cm³/mol. The lowest BCUT2D eigenvalue weighted by Gasteiger charge is -2.46. The Morgan fingerprint density at radius 3 is 2.75 bits per heavy atom. The zero-order valence-corrected chi connectivity index (χ0v) is 10.5. The molecule has 0 bridgehead atoms. The van der Waals surface area contributed by atoms with Gasteiger partial charge in [-0.1, -0.05) is 13.8 Å². The fourth-order valence-electron chi connectivity index (χ4n) is 2.60. The summed E-state index contributed by atoms with van der Waals surface area (Å²) in [6, 6.07) is 2.03. The van der Waals surface area contributed by atoms with Crippen molar-refractivity contribution in [3.8, 4) is 0 Å². The summed E-state index contributed by atoms with van der Waals surface area (Å²) in [5.74, 6) is 1.42. The Kier molecular flexibility index (Phi) is 3.06. The average molecular weight is 222 g/mol. The smallest absolute Gasteiger partial charge is 0.0657 e. The fourth-order valence-corrected chi connectivity index (χ4v) is 2.60. The summed E-state index contributed by atoms with van der Waals surface area (Å²) in [5.41, 5.74) is 0.806. The number of aliphatic hydroxyl groups is 1. The maximum atomic E-state index is 10.3. The van der Waals surface area contributed by atoms with Gasteiger partial charge in [0.15, 0.2) is 0 Å². The van der Waals surface area contributed by atoms with Crippen molar-refractivity contribution in [1.82, 2.24) is 9.78 Å². The first-order valence-electron chi connectivity index (χ1n) is 6.19. The number of hydrogen-bond acceptors (Lipinski definition) is 2. The standard InChI is InChI=1S/C13H22N2O/c1-10(2)11-8-13(16,9-11)6-4-12-5-7-14-15(12)3/h5,7,10-11,16H,4,6,8-9H2,1-3H3. The lowest BCUT2D eigenvalue weighted by Crippen LogP contribution is -2.46. The van der Waals surface area contributed by atoms with E-state index in [1.54, 1.807) is 0 Å². The van der Waals surface area contributed by atoms with E-state index < -0.39 is 5.60 Å². The molecule has 0 amide bonds. The summed E-state index contributed by atoms with van der Waals surface area (Å²) < 4.78 is 1.89. The van der Waals surface area contributed by atoms with E-state index >= 15 is 0 Å². The highest BCUT2D eigenvalue weighted by Crippen LogP contribution is 2.44. The quantitative estimate of drug-likeness (QED) is 0.847. The van der Waals surface area contributed by atoms with Crippen LogP contribution in [0, 0.1) is 11.8 Å². The van der Waals surface area contributed by atoms with Crippen molar-refractivity contribution in [1.29, 1.82) is 0 Å². The summed E-state index contributed by atoms with van der Waals surface area (Å²) in [6.07, 6.45) is 5.57. The van der Waals surface area contributed by atoms with E-state index in [0.717, 1.165) is 31.6 Å². The molecule has 1 aliphatic rings. The molecule has 0 spiro atoms. The zero-order valence-electron chi connectivity index (χ0n) is 10.5. The Hall–Kier alpha value is -0.830. The second-order valence-corrected chi connectivity index (χ2v) is 5.58. The summed E-state index contributed by atoms with van der Waals surface area (Å²) in [6.45, 7) is 4.48. The van der Waals surface area contributed by atoms with E-state index in [2.05, 4.69) is 18.9 Å². The van der Waals surface area contributed by atoms with Gasteiger partial charge in [-0.15, -0.1) is 0 Å². The zero-order chi connectivity index (χ0) is 11.8. The lowest BCUT2D eigenvalue weighted by atomic mass is 9.64. The molecule has 1 aromatic rings. The Labute approximate surface area is 97.5 Å². The molecule has 0 unspecified atom stereocenters. The average Bonchev–Trinajstić information content (AvgIpc) is 2.56. The maximum Gasteiger partial charge on any atom is 0.0657 e. The highest BCUT2D eigenvalue weighted by atomic mass is 16.3. The van der Waals surface area contributed by atoms with Crippen LogP contribution in [0.15, 0.2) is 12.3 Å². The minimum atomic E-state index is -0.404. The number of aromatic nitrogens is 2. The molecule has 3 heteroatoms. The van der Waals surface area contributed by atoms with Crippen LogP contribution in [0.25, 0.3) is 0 Å². The molecule has 1 saturated carbocycles. The summed E-state index contributed by atoms with van der Waals surface area (Å²) >= 11 is 0. The van der Waals surface area contributed by atoms with Crippen molar-refractivity contribution in [3.63, 3.8) is 0 Å². The normalized spacial score (nSPS) is 29.4. The molecule has 0 radical (unpaired) electrons. The van der Waals surface area contributed by atoms with Gasteiger partial charge in [-0.2, -0.15) is 5.10 Å². The van der Waals surface area contributed by atoms with E-state index in [-0.39, 0.29) is 0 Å². The van der Waals surface area contributed by atoms with E-state index in [4.69, 9.17) is 0 Å². The number of rotatable bonds is 4. The van der Waals surface area contributed by atoms with Crippen molar-refractivity contribution in [3.05, 3.63) is 18.0 Å². The van der Waals surface area contributed by atoms with Crippen molar-refractivity contribution < 1.29 is 5.11 Å². The number of aryl methyl sites for hydroxylation is 2. The molecule has 3 nitrogen and oxygen atoms in total. The molecule has 90 valence electrons. The Bertz CT molecular complexity index is 351. The number of hydrogen-bond donors (Lipinski definition) is 1. The fraction of sp³-hybridized carbons (Fsp3) is 0.769. The van der Waals surface area contributed by atoms with Crippen LogP contribution < -0.4 is 0 Å². The van der Waals surface area contributed by atoms with Gasteiger partial charge < -0.3 is 5.11 Å². The first-order chi connectivity index (χ1) is 7.50. The van der Waals surface area contributed by atoms with Crippen molar-refractivity contribution >= 4 is 0 Å². The minimum Gasteiger partial charge on any atom is -0.390 e. The van der Waals surface area contributed by atoms with E-state index in [0.29, 0.717) is 5.92 Å². The summed E-state index contributed by atoms with van der Waals surface area (Å²) in [7, 11) is 1.96. The van der Waals surface area contributed by atoms with Crippen LogP contribution in [0.5, 0.6) is 0 Å². The third-order valence-electron chi connectivity index (χ3n) is 4.00. The molecule has 0 atom stereocenters. The van der Waals surface area contributed by atoms with Crippen molar-refractivity contribution in [2.24, 2.45) is 18.9 Å². The minimum absolute atomic E-state index is 0.404. The molecule has 1 heterocycles. The van der Waals surface area contributed by atoms with Gasteiger partial charge in [-0.05, 0) is 43.6 Å². The molecule has 0 saturated heterocycles. The summed E-state index contributed by atoms with van der Waals surface area (Å²) in [4.78, 5) is 0. The third-order valence-corrected chi connectivity index (χ3v) is 4.00. The van der Waals surface area contributed by atoms with Gasteiger partial charge >= 0.3 is 0 Å². The monoisotopic (exact) mass is 222 g/mol. The maximum absolute atomic E-state index is 10.3. The van der Waals surface area contributed by atoms with Crippen LogP contribution in [0.1, 0.15) is 38.8 Å². The second kappa shape index (κ2) is 4.21. The highest BCUT2D eigenvalue weighted by molar-refractivity contribution is 5.03. The SMILES string of the molecule is CC(C)C1CC(O)(CCc2ccnn2C)C1. The van der Waals surface area contributed by atoms with Crippen LogP contribution in [0.2, 0.25) is 0 Å². The van der Waals surface area contributed by atoms with Gasteiger partial charge in [-0.25, -0.2) is 0 Å². The molecule has 16 heavy (non-hydrogen) atoms. The Balaban J connectivity index is 1.82. The molecular weight excluding hydrogens is 200 g/mol. The second-order valence-electron chi connectivity index (χ2n) is 5.58. The topological polar surface area (TPSA) is 38.1 Å². The number of nitrogens with zero attached hydrogens (tertiary/aromatic N) is 2. The Morgan fingerprint density at radius 2 is 2.25 bits per heavy atom. The molecular formula is C13H22N2O. The molecule has 1 fully saturated rings. The van der Waals surface area contributed by atoms with Crippen LogP contribution in [0.4, 0.5) is 0 Å². The largest absolute Gasteiger partial charge is 0.390 e. The van der Waals surface area contributed by atoms with Crippen molar-refractivity contribution in [2.75, 3.05) is 0 Å². The van der Waals surface area contributed by atoms with Crippen LogP contribution in [0.3, 0.4) is 0 Å². The van der Waals surface area contributed by atoms with E-state index in [9.17, 15) is 5.11 Å². The van der Waals surface area contributed by atoms with Crippen LogP contribution in [-0.2, 0) is 13.5 Å². The molecule has 1 N–H and O–H groups in total. The molecule has 0 aromatic carbocycles. The van der Waals surface area contributed by atoms with E-state index in [1.165, 1.54) is 5.69 Å². The van der Waals surface area contributed by atoms with Crippen LogP contribution >= 0.6 is 0 Å². The molecule has 0 aliphatic heterocycles. The van der Waals surface area contributed by atoms with Gasteiger partial charge in [0.2, 0.25) is 0 Å². The first-order valence-corrected chi connectivity index (χ1v) is 6.19.